The van der Waals surface area contributed by atoms with Crippen LogP contribution in [0.3, 0.4) is 0 Å². The van der Waals surface area contributed by atoms with Gasteiger partial charge in [-0.05, 0) is 30.4 Å². The van der Waals surface area contributed by atoms with Crippen LogP contribution in [0.4, 0.5) is 0 Å². The van der Waals surface area contributed by atoms with E-state index in [1.807, 2.05) is 60.7 Å². The molecule has 2 N–H and O–H groups in total. The monoisotopic (exact) mass is 622 g/mol. The fourth-order valence-electron chi connectivity index (χ4n) is 4.99. The molecule has 2 aromatic carbocycles. The molecule has 248 valence electrons. The Morgan fingerprint density at radius 3 is 1.64 bits per heavy atom. The van der Waals surface area contributed by atoms with Crippen molar-refractivity contribution in [2.45, 2.75) is 135 Å². The quantitative estimate of drug-likeness (QED) is 0.0937. The Balaban J connectivity index is 1.80. The Hall–Kier alpha value is -3.68. The summed E-state index contributed by atoms with van der Waals surface area (Å²) in [5, 5.41) is 5.53. The summed E-state index contributed by atoms with van der Waals surface area (Å²) >= 11 is 0. The lowest BCUT2D eigenvalue weighted by atomic mass is 10.0. The molecule has 0 aliphatic carbocycles. The summed E-state index contributed by atoms with van der Waals surface area (Å²) < 4.78 is 10.8. The maximum Gasteiger partial charge on any atom is 0.328 e. The lowest BCUT2D eigenvalue weighted by Crippen LogP contribution is -2.51. The van der Waals surface area contributed by atoms with Crippen molar-refractivity contribution >= 4 is 23.8 Å². The number of carbonyl (C=O) groups is 4. The number of amides is 2. The fraction of sp³-hybridized carbons (Fsp3) is 0.568. The van der Waals surface area contributed by atoms with Crippen molar-refractivity contribution in [2.24, 2.45) is 0 Å². The molecule has 2 rings (SSSR count). The van der Waals surface area contributed by atoms with Crippen molar-refractivity contribution in [1.29, 1.82) is 0 Å². The van der Waals surface area contributed by atoms with Gasteiger partial charge in [0.2, 0.25) is 11.8 Å². The second-order valence-electron chi connectivity index (χ2n) is 11.7. The molecule has 0 heterocycles. The van der Waals surface area contributed by atoms with Gasteiger partial charge in [0, 0.05) is 12.8 Å². The number of nitrogens with one attached hydrogen (secondary N) is 2. The van der Waals surface area contributed by atoms with E-state index in [0.29, 0.717) is 12.8 Å². The average molecular weight is 623 g/mol. The first-order valence-electron chi connectivity index (χ1n) is 16.9. The van der Waals surface area contributed by atoms with Crippen LogP contribution in [0, 0.1) is 0 Å². The van der Waals surface area contributed by atoms with E-state index in [2.05, 4.69) is 17.6 Å². The number of ether oxygens (including phenoxy) is 2. The van der Waals surface area contributed by atoms with Crippen LogP contribution in [0.5, 0.6) is 0 Å². The number of unbranched alkanes of at least 4 members (excludes halogenated alkanes) is 10. The highest BCUT2D eigenvalue weighted by Gasteiger charge is 2.27. The largest absolute Gasteiger partial charge is 0.461 e. The molecule has 2 atom stereocenters. The minimum Gasteiger partial charge on any atom is -0.461 e. The topological polar surface area (TPSA) is 111 Å². The molecule has 0 radical (unpaired) electrons. The van der Waals surface area contributed by atoms with Gasteiger partial charge in [0.15, 0.2) is 0 Å². The molecule has 0 spiro atoms. The zero-order valence-corrected chi connectivity index (χ0v) is 27.4. The number of hydrogen-bond acceptors (Lipinski definition) is 6. The van der Waals surface area contributed by atoms with Gasteiger partial charge in [0.05, 0.1) is 0 Å². The molecule has 45 heavy (non-hydrogen) atoms. The maximum atomic E-state index is 13.2. The van der Waals surface area contributed by atoms with Gasteiger partial charge in [-0.3, -0.25) is 14.4 Å². The highest BCUT2D eigenvalue weighted by molar-refractivity contribution is 5.90. The van der Waals surface area contributed by atoms with Gasteiger partial charge in [0.1, 0.15) is 25.3 Å². The predicted molar refractivity (Wildman–Crippen MR) is 177 cm³/mol. The second kappa shape index (κ2) is 23.7. The highest BCUT2D eigenvalue weighted by atomic mass is 16.5. The van der Waals surface area contributed by atoms with Crippen LogP contribution in [-0.2, 0) is 41.9 Å². The van der Waals surface area contributed by atoms with E-state index in [1.165, 1.54) is 51.4 Å². The van der Waals surface area contributed by atoms with Crippen LogP contribution in [0.1, 0.15) is 121 Å². The first kappa shape index (κ1) is 37.5. The van der Waals surface area contributed by atoms with Crippen molar-refractivity contribution < 1.29 is 28.7 Å². The predicted octanol–water partition coefficient (Wildman–Crippen LogP) is 7.33. The Labute approximate surface area is 270 Å². The summed E-state index contributed by atoms with van der Waals surface area (Å²) in [6.45, 7) is 4.20. The summed E-state index contributed by atoms with van der Waals surface area (Å²) in [6, 6.07) is 16.7. The van der Waals surface area contributed by atoms with Crippen molar-refractivity contribution in [3.05, 3.63) is 71.8 Å². The van der Waals surface area contributed by atoms with E-state index < -0.39 is 29.9 Å². The maximum absolute atomic E-state index is 13.2. The molecule has 0 fully saturated rings. The van der Waals surface area contributed by atoms with E-state index in [9.17, 15) is 19.2 Å². The zero-order valence-electron chi connectivity index (χ0n) is 27.4. The number of benzene rings is 2. The van der Waals surface area contributed by atoms with Crippen LogP contribution in [0.15, 0.2) is 60.7 Å². The molecular weight excluding hydrogens is 568 g/mol. The molecule has 0 aromatic heterocycles. The Kier molecular flexibility index (Phi) is 19.7. The van der Waals surface area contributed by atoms with Gasteiger partial charge < -0.3 is 20.1 Å². The van der Waals surface area contributed by atoms with E-state index >= 15 is 0 Å². The summed E-state index contributed by atoms with van der Waals surface area (Å²) in [4.78, 5) is 51.3. The van der Waals surface area contributed by atoms with Gasteiger partial charge >= 0.3 is 11.9 Å². The van der Waals surface area contributed by atoms with Crippen molar-refractivity contribution in [3.8, 4) is 0 Å². The summed E-state index contributed by atoms with van der Waals surface area (Å²) in [5.41, 5.74) is 1.66. The molecule has 2 amide bonds. The molecule has 8 heteroatoms. The molecule has 0 saturated carbocycles. The third-order valence-corrected chi connectivity index (χ3v) is 7.77. The number of carbonyl (C=O) groups excluding carboxylic acids is 4. The van der Waals surface area contributed by atoms with Crippen LogP contribution in [0.2, 0.25) is 0 Å². The molecular formula is C37H54N2O6. The molecule has 0 aliphatic rings. The summed E-state index contributed by atoms with van der Waals surface area (Å²) in [6.07, 6.45) is 13.8. The highest BCUT2D eigenvalue weighted by Crippen LogP contribution is 2.13. The lowest BCUT2D eigenvalue weighted by molar-refractivity contribution is -0.150. The third kappa shape index (κ3) is 17.4. The van der Waals surface area contributed by atoms with Crippen LogP contribution < -0.4 is 10.6 Å². The van der Waals surface area contributed by atoms with Gasteiger partial charge in [-0.25, -0.2) is 4.79 Å². The van der Waals surface area contributed by atoms with Crippen molar-refractivity contribution in [3.63, 3.8) is 0 Å². The molecule has 0 saturated heterocycles. The summed E-state index contributed by atoms with van der Waals surface area (Å²) in [7, 11) is 0. The van der Waals surface area contributed by atoms with Crippen LogP contribution >= 0.6 is 0 Å². The van der Waals surface area contributed by atoms with Gasteiger partial charge in [0.25, 0.3) is 0 Å². The van der Waals surface area contributed by atoms with Crippen LogP contribution in [-0.4, -0.2) is 35.8 Å². The molecule has 0 unspecified atom stereocenters. The third-order valence-electron chi connectivity index (χ3n) is 7.77. The second-order valence-corrected chi connectivity index (χ2v) is 11.7. The first-order chi connectivity index (χ1) is 21.9. The number of hydrogen-bond donors (Lipinski definition) is 2. The van der Waals surface area contributed by atoms with Gasteiger partial charge in [-0.15, -0.1) is 0 Å². The molecule has 8 nitrogen and oxygen atoms in total. The van der Waals surface area contributed by atoms with Crippen LogP contribution in [0.25, 0.3) is 0 Å². The number of rotatable bonds is 24. The summed E-state index contributed by atoms with van der Waals surface area (Å²) in [5.74, 6) is -1.80. The van der Waals surface area contributed by atoms with E-state index in [1.54, 1.807) is 6.92 Å². The van der Waals surface area contributed by atoms with Crippen molar-refractivity contribution in [2.75, 3.05) is 0 Å². The van der Waals surface area contributed by atoms with E-state index in [-0.39, 0.29) is 32.0 Å². The van der Waals surface area contributed by atoms with Crippen molar-refractivity contribution in [1.82, 2.24) is 10.6 Å². The fourth-order valence-corrected chi connectivity index (χ4v) is 4.99. The molecule has 0 bridgehead atoms. The molecule has 2 aromatic rings. The Bertz CT molecular complexity index is 1110. The number of esters is 2. The minimum absolute atomic E-state index is 0.0100. The van der Waals surface area contributed by atoms with E-state index in [4.69, 9.17) is 9.47 Å². The first-order valence-corrected chi connectivity index (χ1v) is 16.9. The zero-order chi connectivity index (χ0) is 32.5. The Morgan fingerprint density at radius 1 is 0.600 bits per heavy atom. The average Bonchev–Trinajstić information content (AvgIpc) is 3.06. The van der Waals surface area contributed by atoms with Gasteiger partial charge in [-0.1, -0.05) is 139 Å². The Morgan fingerprint density at radius 2 is 1.11 bits per heavy atom. The van der Waals surface area contributed by atoms with Gasteiger partial charge in [-0.2, -0.15) is 0 Å². The lowest BCUT2D eigenvalue weighted by Gasteiger charge is -2.22. The standard InChI is InChI=1S/C37H54N2O6/c1-3-5-6-7-8-9-10-11-12-13-20-25-34(40)38-32(4-2)36(42)39-33(37(43)45-29-31-23-18-15-19-24-31)26-27-35(41)44-28-30-21-16-14-17-22-30/h14-19,21-24,32-33H,3-13,20,25-29H2,1-2H3,(H,38,40)(H,39,42)/t32-,33+/m0/s1. The normalized spacial score (nSPS) is 12.1. The van der Waals surface area contributed by atoms with E-state index in [0.717, 1.165) is 30.4 Å². The minimum atomic E-state index is -1.07. The SMILES string of the molecule is CCCCCCCCCCCCCC(=O)N[C@@H](CC)C(=O)N[C@H](CCC(=O)OCc1ccccc1)C(=O)OCc1ccccc1. The smallest absolute Gasteiger partial charge is 0.328 e. The molecule has 0 aliphatic heterocycles.